The maximum atomic E-state index is 5.30. The van der Waals surface area contributed by atoms with Crippen LogP contribution in [0.2, 0.25) is 0 Å². The monoisotopic (exact) mass is 209 g/mol. The van der Waals surface area contributed by atoms with Crippen LogP contribution in [0.4, 0.5) is 0 Å². The second-order valence-corrected chi connectivity index (χ2v) is 4.13. The molecule has 1 aliphatic rings. The van der Waals surface area contributed by atoms with Crippen molar-refractivity contribution < 1.29 is 4.74 Å². The highest BCUT2D eigenvalue weighted by Crippen LogP contribution is 2.20. The normalized spacial score (nSPS) is 21.6. The van der Waals surface area contributed by atoms with Crippen LogP contribution in [-0.2, 0) is 13.5 Å². The van der Waals surface area contributed by atoms with Crippen molar-refractivity contribution in [3.05, 3.63) is 11.9 Å². The maximum absolute atomic E-state index is 5.30. The Morgan fingerprint density at radius 1 is 1.60 bits per heavy atom. The first-order chi connectivity index (χ1) is 7.31. The quantitative estimate of drug-likeness (QED) is 0.810. The van der Waals surface area contributed by atoms with Crippen molar-refractivity contribution in [1.82, 2.24) is 15.1 Å². The first kappa shape index (κ1) is 10.5. The molecule has 0 bridgehead atoms. The molecule has 1 aliphatic heterocycles. The van der Waals surface area contributed by atoms with E-state index in [4.69, 9.17) is 4.74 Å². The molecule has 1 saturated heterocycles. The lowest BCUT2D eigenvalue weighted by atomic mass is 10.0. The van der Waals surface area contributed by atoms with Crippen LogP contribution in [0.25, 0.3) is 0 Å². The van der Waals surface area contributed by atoms with E-state index in [1.165, 1.54) is 25.0 Å². The molecule has 0 aliphatic carbocycles. The van der Waals surface area contributed by atoms with Gasteiger partial charge in [-0.05, 0) is 19.4 Å². The number of aryl methyl sites for hydroxylation is 1. The molecular weight excluding hydrogens is 190 g/mol. The summed E-state index contributed by atoms with van der Waals surface area (Å²) < 4.78 is 7.21. The molecule has 0 aromatic carbocycles. The summed E-state index contributed by atoms with van der Waals surface area (Å²) in [5.41, 5.74) is 1.19. The number of aromatic nitrogens is 2. The minimum absolute atomic E-state index is 0.586. The van der Waals surface area contributed by atoms with Crippen molar-refractivity contribution in [2.75, 3.05) is 13.7 Å². The second-order valence-electron chi connectivity index (χ2n) is 4.13. The average Bonchev–Trinajstić information content (AvgIpc) is 2.62. The van der Waals surface area contributed by atoms with Gasteiger partial charge in [0, 0.05) is 19.5 Å². The van der Waals surface area contributed by atoms with E-state index >= 15 is 0 Å². The number of ether oxygens (including phenoxy) is 1. The van der Waals surface area contributed by atoms with E-state index in [2.05, 4.69) is 10.4 Å². The van der Waals surface area contributed by atoms with Crippen molar-refractivity contribution in [3.63, 3.8) is 0 Å². The summed E-state index contributed by atoms with van der Waals surface area (Å²) in [4.78, 5) is 0. The fourth-order valence-electron chi connectivity index (χ4n) is 2.18. The summed E-state index contributed by atoms with van der Waals surface area (Å²) in [5, 5.41) is 7.76. The molecule has 2 rings (SSSR count). The van der Waals surface area contributed by atoms with E-state index in [1.54, 1.807) is 13.3 Å². The summed E-state index contributed by atoms with van der Waals surface area (Å²) in [5.74, 6) is 0.907. The summed E-state index contributed by atoms with van der Waals surface area (Å²) in [6.07, 6.45) is 6.70. The number of nitrogens with zero attached hydrogens (tertiary/aromatic N) is 2. The van der Waals surface area contributed by atoms with E-state index in [1.807, 2.05) is 11.7 Å². The SMILES string of the molecule is COc1cnn(C)c1CC1CCCCN1. The highest BCUT2D eigenvalue weighted by atomic mass is 16.5. The van der Waals surface area contributed by atoms with Crippen LogP contribution in [0.5, 0.6) is 5.75 Å². The molecule has 2 heterocycles. The zero-order chi connectivity index (χ0) is 10.7. The highest BCUT2D eigenvalue weighted by Gasteiger charge is 2.17. The summed E-state index contributed by atoms with van der Waals surface area (Å²) in [6.45, 7) is 1.14. The fraction of sp³-hybridized carbons (Fsp3) is 0.727. The topological polar surface area (TPSA) is 39.1 Å². The Kier molecular flexibility index (Phi) is 3.26. The van der Waals surface area contributed by atoms with Gasteiger partial charge in [0.05, 0.1) is 19.0 Å². The number of nitrogens with one attached hydrogen (secondary N) is 1. The number of hydrogen-bond donors (Lipinski definition) is 1. The third-order valence-electron chi connectivity index (χ3n) is 3.10. The molecule has 1 N–H and O–H groups in total. The Balaban J connectivity index is 2.04. The van der Waals surface area contributed by atoms with Crippen LogP contribution in [0.3, 0.4) is 0 Å². The molecule has 0 spiro atoms. The minimum atomic E-state index is 0.586. The van der Waals surface area contributed by atoms with E-state index in [-0.39, 0.29) is 0 Å². The van der Waals surface area contributed by atoms with Crippen LogP contribution >= 0.6 is 0 Å². The molecule has 1 aromatic heterocycles. The van der Waals surface area contributed by atoms with E-state index in [0.717, 1.165) is 18.7 Å². The van der Waals surface area contributed by atoms with Gasteiger partial charge in [0.15, 0.2) is 5.75 Å². The number of methoxy groups -OCH3 is 1. The van der Waals surface area contributed by atoms with Gasteiger partial charge >= 0.3 is 0 Å². The smallest absolute Gasteiger partial charge is 0.159 e. The molecule has 4 heteroatoms. The molecule has 4 nitrogen and oxygen atoms in total. The Morgan fingerprint density at radius 3 is 3.13 bits per heavy atom. The lowest BCUT2D eigenvalue weighted by Crippen LogP contribution is -2.36. The summed E-state index contributed by atoms with van der Waals surface area (Å²) >= 11 is 0. The van der Waals surface area contributed by atoms with Gasteiger partial charge in [-0.15, -0.1) is 0 Å². The lowest BCUT2D eigenvalue weighted by Gasteiger charge is -2.23. The van der Waals surface area contributed by atoms with Crippen molar-refractivity contribution in [2.45, 2.75) is 31.7 Å². The summed E-state index contributed by atoms with van der Waals surface area (Å²) in [7, 11) is 3.68. The Morgan fingerprint density at radius 2 is 2.47 bits per heavy atom. The van der Waals surface area contributed by atoms with Gasteiger partial charge in [-0.25, -0.2) is 0 Å². The summed E-state index contributed by atoms with van der Waals surface area (Å²) in [6, 6.07) is 0.586. The number of rotatable bonds is 3. The molecule has 1 aromatic rings. The van der Waals surface area contributed by atoms with Crippen LogP contribution in [0.15, 0.2) is 6.20 Å². The molecule has 1 atom stereocenters. The second kappa shape index (κ2) is 4.66. The predicted octanol–water partition coefficient (Wildman–Crippen LogP) is 1.11. The van der Waals surface area contributed by atoms with Gasteiger partial charge in [0.25, 0.3) is 0 Å². The van der Waals surface area contributed by atoms with Crippen LogP contribution in [0, 0.1) is 0 Å². The lowest BCUT2D eigenvalue weighted by molar-refractivity contribution is 0.375. The van der Waals surface area contributed by atoms with Crippen LogP contribution in [-0.4, -0.2) is 29.5 Å². The Labute approximate surface area is 90.6 Å². The largest absolute Gasteiger partial charge is 0.493 e. The van der Waals surface area contributed by atoms with Crippen molar-refractivity contribution in [1.29, 1.82) is 0 Å². The Hall–Kier alpha value is -1.03. The molecular formula is C11H19N3O. The number of piperidine rings is 1. The van der Waals surface area contributed by atoms with Crippen molar-refractivity contribution in [3.8, 4) is 5.75 Å². The van der Waals surface area contributed by atoms with Gasteiger partial charge in [0.1, 0.15) is 0 Å². The van der Waals surface area contributed by atoms with Gasteiger partial charge < -0.3 is 10.1 Å². The first-order valence-electron chi connectivity index (χ1n) is 5.59. The van der Waals surface area contributed by atoms with Gasteiger partial charge in [-0.3, -0.25) is 4.68 Å². The van der Waals surface area contributed by atoms with Gasteiger partial charge in [-0.1, -0.05) is 6.42 Å². The molecule has 0 radical (unpaired) electrons. The zero-order valence-electron chi connectivity index (χ0n) is 9.49. The highest BCUT2D eigenvalue weighted by molar-refractivity contribution is 5.25. The third kappa shape index (κ3) is 2.31. The van der Waals surface area contributed by atoms with Gasteiger partial charge in [0.2, 0.25) is 0 Å². The minimum Gasteiger partial charge on any atom is -0.493 e. The van der Waals surface area contributed by atoms with E-state index in [9.17, 15) is 0 Å². The molecule has 0 saturated carbocycles. The third-order valence-corrected chi connectivity index (χ3v) is 3.10. The van der Waals surface area contributed by atoms with Crippen molar-refractivity contribution in [2.24, 2.45) is 7.05 Å². The van der Waals surface area contributed by atoms with Crippen molar-refractivity contribution >= 4 is 0 Å². The standard InChI is InChI=1S/C11H19N3O/c1-14-10(11(15-2)8-13-14)7-9-5-3-4-6-12-9/h8-9,12H,3-7H2,1-2H3. The molecule has 1 fully saturated rings. The molecule has 15 heavy (non-hydrogen) atoms. The molecule has 1 unspecified atom stereocenters. The van der Waals surface area contributed by atoms with E-state index < -0.39 is 0 Å². The predicted molar refractivity (Wildman–Crippen MR) is 59.1 cm³/mol. The Bertz CT molecular complexity index is 316. The number of hydrogen-bond acceptors (Lipinski definition) is 3. The average molecular weight is 209 g/mol. The maximum Gasteiger partial charge on any atom is 0.159 e. The van der Waals surface area contributed by atoms with Crippen LogP contribution < -0.4 is 10.1 Å². The fourth-order valence-corrected chi connectivity index (χ4v) is 2.18. The van der Waals surface area contributed by atoms with Gasteiger partial charge in [-0.2, -0.15) is 5.10 Å². The molecule has 84 valence electrons. The van der Waals surface area contributed by atoms with Crippen LogP contribution in [0.1, 0.15) is 25.0 Å². The first-order valence-corrected chi connectivity index (χ1v) is 5.59. The zero-order valence-corrected chi connectivity index (χ0v) is 9.49. The van der Waals surface area contributed by atoms with E-state index in [0.29, 0.717) is 6.04 Å². The molecule has 0 amide bonds.